The first-order valence-corrected chi connectivity index (χ1v) is 10.6. The van der Waals surface area contributed by atoms with Crippen LogP contribution in [0.3, 0.4) is 0 Å². The summed E-state index contributed by atoms with van der Waals surface area (Å²) in [5, 5.41) is 13.4. The van der Waals surface area contributed by atoms with E-state index in [1.165, 1.54) is 30.0 Å². The number of thiazole rings is 1. The molecule has 0 saturated carbocycles. The number of amides is 2. The largest absolute Gasteiger partial charge is 0.462 e. The van der Waals surface area contributed by atoms with Crippen molar-refractivity contribution in [3.8, 4) is 0 Å². The zero-order chi connectivity index (χ0) is 20.0. The highest BCUT2D eigenvalue weighted by Crippen LogP contribution is 2.31. The highest BCUT2D eigenvalue weighted by Gasteiger charge is 2.23. The zero-order valence-electron chi connectivity index (χ0n) is 15.2. The number of hydrogen-bond donors (Lipinski definition) is 2. The Morgan fingerprint density at radius 2 is 1.89 bits per heavy atom. The summed E-state index contributed by atoms with van der Waals surface area (Å²) in [7, 11) is 0. The molecule has 0 unspecified atom stereocenters. The molecule has 2 heterocycles. The fourth-order valence-corrected chi connectivity index (χ4v) is 4.75. The number of carbonyl (C=O) groups excluding carboxylic acids is 3. The fourth-order valence-electron chi connectivity index (χ4n) is 1.92. The lowest BCUT2D eigenvalue weighted by Crippen LogP contribution is -2.24. The van der Waals surface area contributed by atoms with Crippen LogP contribution < -0.4 is 10.6 Å². The molecule has 146 valence electrons. The molecule has 2 amide bonds. The second kappa shape index (κ2) is 9.76. The van der Waals surface area contributed by atoms with Gasteiger partial charge >= 0.3 is 5.97 Å². The van der Waals surface area contributed by atoms with E-state index in [2.05, 4.69) is 25.8 Å². The molecule has 0 aliphatic carbocycles. The number of anilines is 2. The topological polar surface area (TPSA) is 123 Å². The third-order valence-electron chi connectivity index (χ3n) is 3.08. The van der Waals surface area contributed by atoms with Crippen molar-refractivity contribution in [3.05, 3.63) is 10.6 Å². The van der Waals surface area contributed by atoms with Gasteiger partial charge in [0.1, 0.15) is 4.88 Å². The average molecular weight is 430 g/mol. The molecule has 2 rings (SSSR count). The van der Waals surface area contributed by atoms with Crippen molar-refractivity contribution in [2.24, 2.45) is 0 Å². The van der Waals surface area contributed by atoms with Crippen LogP contribution in [0.5, 0.6) is 0 Å². The van der Waals surface area contributed by atoms with Crippen LogP contribution in [-0.4, -0.2) is 44.8 Å². The van der Waals surface area contributed by atoms with Crippen LogP contribution in [-0.2, 0) is 14.3 Å². The lowest BCUT2D eigenvalue weighted by Gasteiger charge is -2.11. The summed E-state index contributed by atoms with van der Waals surface area (Å²) in [4.78, 5) is 40.1. The number of rotatable bonds is 8. The Morgan fingerprint density at radius 1 is 1.15 bits per heavy atom. The Hall–Kier alpha value is -2.05. The minimum absolute atomic E-state index is 0.232. The molecule has 2 aromatic rings. The van der Waals surface area contributed by atoms with E-state index >= 15 is 0 Å². The van der Waals surface area contributed by atoms with Crippen molar-refractivity contribution in [1.29, 1.82) is 0 Å². The summed E-state index contributed by atoms with van der Waals surface area (Å²) in [5.74, 6) is -0.930. The van der Waals surface area contributed by atoms with Crippen molar-refractivity contribution in [3.63, 3.8) is 0 Å². The van der Waals surface area contributed by atoms with Crippen LogP contribution in [0, 0.1) is 6.92 Å². The second-order valence-electron chi connectivity index (χ2n) is 5.21. The first kappa shape index (κ1) is 21.3. The number of hydrogen-bond acceptors (Lipinski definition) is 10. The van der Waals surface area contributed by atoms with Crippen molar-refractivity contribution in [2.45, 2.75) is 43.7 Å². The van der Waals surface area contributed by atoms with Crippen LogP contribution in [0.25, 0.3) is 0 Å². The molecule has 0 saturated heterocycles. The molecule has 2 aromatic heterocycles. The number of aryl methyl sites for hydroxylation is 1. The van der Waals surface area contributed by atoms with Crippen LogP contribution in [0.4, 0.5) is 10.3 Å². The maximum absolute atomic E-state index is 12.6. The van der Waals surface area contributed by atoms with E-state index in [1.807, 2.05) is 6.92 Å². The van der Waals surface area contributed by atoms with E-state index in [9.17, 15) is 14.4 Å². The van der Waals surface area contributed by atoms with E-state index in [0.717, 1.165) is 11.3 Å². The van der Waals surface area contributed by atoms with Gasteiger partial charge in [-0.25, -0.2) is 9.78 Å². The smallest absolute Gasteiger partial charge is 0.350 e. The molecule has 12 heteroatoms. The number of aromatic nitrogens is 3. The number of ether oxygens (including phenoxy) is 1. The Morgan fingerprint density at radius 3 is 2.52 bits per heavy atom. The van der Waals surface area contributed by atoms with Gasteiger partial charge in [-0.1, -0.05) is 41.4 Å². The van der Waals surface area contributed by atoms with E-state index in [1.54, 1.807) is 13.8 Å². The number of thioether (sulfide) groups is 1. The monoisotopic (exact) mass is 429 g/mol. The molecule has 1 atom stereocenters. The number of nitrogens with zero attached hydrogens (tertiary/aromatic N) is 3. The fraction of sp³-hybridized carbons (Fsp3) is 0.467. The van der Waals surface area contributed by atoms with Gasteiger partial charge in [-0.2, -0.15) is 0 Å². The summed E-state index contributed by atoms with van der Waals surface area (Å²) >= 11 is 3.54. The van der Waals surface area contributed by atoms with Crippen molar-refractivity contribution in [1.82, 2.24) is 15.2 Å². The summed E-state index contributed by atoms with van der Waals surface area (Å²) in [6.07, 6.45) is 0.556. The van der Waals surface area contributed by atoms with Crippen molar-refractivity contribution in [2.75, 3.05) is 17.2 Å². The predicted molar refractivity (Wildman–Crippen MR) is 106 cm³/mol. The molecule has 9 nitrogen and oxygen atoms in total. The Kier molecular flexibility index (Phi) is 7.68. The van der Waals surface area contributed by atoms with Crippen molar-refractivity contribution >= 4 is 62.5 Å². The summed E-state index contributed by atoms with van der Waals surface area (Å²) in [6, 6.07) is 0. The van der Waals surface area contributed by atoms with Crippen LogP contribution in [0.15, 0.2) is 4.34 Å². The Labute approximate surface area is 168 Å². The summed E-state index contributed by atoms with van der Waals surface area (Å²) < 4.78 is 5.55. The molecule has 0 aliphatic heterocycles. The van der Waals surface area contributed by atoms with Gasteiger partial charge in [0.25, 0.3) is 0 Å². The molecule has 27 heavy (non-hydrogen) atoms. The molecular weight excluding hydrogens is 410 g/mol. The first-order valence-electron chi connectivity index (χ1n) is 8.07. The zero-order valence-corrected chi connectivity index (χ0v) is 17.6. The standard InChI is InChI=1S/C15H19N5O4S3/c1-5-9(25-15-20-19-14(27-15)17-8(4)21)11(22)18-13-16-7(3)10(26-13)12(23)24-6-2/h9H,5-6H2,1-4H3,(H,16,18,22)(H,17,19,21)/t9-/m0/s1. The predicted octanol–water partition coefficient (Wildman–Crippen LogP) is 2.95. The number of nitrogens with one attached hydrogen (secondary N) is 2. The minimum atomic E-state index is -0.450. The molecule has 0 bridgehead atoms. The van der Waals surface area contributed by atoms with Gasteiger partial charge < -0.3 is 15.4 Å². The van der Waals surface area contributed by atoms with Gasteiger partial charge in [-0.15, -0.1) is 10.2 Å². The average Bonchev–Trinajstić information content (AvgIpc) is 3.18. The number of esters is 1. The third-order valence-corrected chi connectivity index (χ3v) is 6.42. The van der Waals surface area contributed by atoms with E-state index < -0.39 is 11.2 Å². The Bertz CT molecular complexity index is 835. The normalized spacial score (nSPS) is 11.7. The molecule has 2 N–H and O–H groups in total. The van der Waals surface area contributed by atoms with Gasteiger partial charge in [0.2, 0.25) is 16.9 Å². The van der Waals surface area contributed by atoms with Crippen molar-refractivity contribution < 1.29 is 19.1 Å². The van der Waals surface area contributed by atoms with Crippen LogP contribution in [0.2, 0.25) is 0 Å². The summed E-state index contributed by atoms with van der Waals surface area (Å²) in [5.41, 5.74) is 0.513. The van der Waals surface area contributed by atoms with Gasteiger partial charge in [0.05, 0.1) is 17.6 Å². The summed E-state index contributed by atoms with van der Waals surface area (Å²) in [6.45, 7) is 6.95. The lowest BCUT2D eigenvalue weighted by molar-refractivity contribution is -0.116. The van der Waals surface area contributed by atoms with E-state index in [0.29, 0.717) is 31.6 Å². The second-order valence-corrected chi connectivity index (χ2v) is 8.64. The van der Waals surface area contributed by atoms with E-state index in [-0.39, 0.29) is 18.4 Å². The molecule has 0 radical (unpaired) electrons. The molecule has 0 aliphatic rings. The van der Waals surface area contributed by atoms with Crippen LogP contribution >= 0.6 is 34.4 Å². The van der Waals surface area contributed by atoms with Gasteiger partial charge in [0, 0.05) is 6.92 Å². The molecular formula is C15H19N5O4S3. The maximum Gasteiger partial charge on any atom is 0.350 e. The van der Waals surface area contributed by atoms with Gasteiger partial charge in [-0.05, 0) is 20.3 Å². The van der Waals surface area contributed by atoms with Crippen LogP contribution in [0.1, 0.15) is 42.6 Å². The maximum atomic E-state index is 12.6. The molecule has 0 spiro atoms. The van der Waals surface area contributed by atoms with Gasteiger partial charge in [-0.3, -0.25) is 9.59 Å². The van der Waals surface area contributed by atoms with E-state index in [4.69, 9.17) is 4.74 Å². The SMILES string of the molecule is CCOC(=O)c1sc(NC(=O)[C@H](CC)Sc2nnc(NC(C)=O)s2)nc1C. The number of carbonyl (C=O) groups is 3. The first-order chi connectivity index (χ1) is 12.8. The quantitative estimate of drug-likeness (QED) is 0.373. The van der Waals surface area contributed by atoms with Gasteiger partial charge in [0.15, 0.2) is 9.47 Å². The lowest BCUT2D eigenvalue weighted by atomic mass is 10.3. The highest BCUT2D eigenvalue weighted by atomic mass is 32.2. The molecule has 0 aromatic carbocycles. The molecule has 0 fully saturated rings. The highest BCUT2D eigenvalue weighted by molar-refractivity contribution is 8.02. The Balaban J connectivity index is 2.02. The minimum Gasteiger partial charge on any atom is -0.462 e. The third kappa shape index (κ3) is 5.97.